The first-order valence-corrected chi connectivity index (χ1v) is 10.7. The monoisotopic (exact) mass is 425 g/mol. The number of nitrogens with one attached hydrogen (secondary N) is 2. The quantitative estimate of drug-likeness (QED) is 0.633. The zero-order valence-electron chi connectivity index (χ0n) is 18.8. The number of fused-ring (bicyclic) bond motifs is 1. The molecule has 2 N–H and O–H groups in total. The van der Waals surface area contributed by atoms with E-state index in [2.05, 4.69) is 24.5 Å². The topological polar surface area (TPSA) is 87.7 Å². The molecule has 1 fully saturated rings. The molecular formula is C24H31N3O4. The summed E-state index contributed by atoms with van der Waals surface area (Å²) in [4.78, 5) is 39.1. The molecular weight excluding hydrogens is 394 g/mol. The van der Waals surface area contributed by atoms with Crippen molar-refractivity contribution in [1.29, 1.82) is 0 Å². The number of benzene rings is 2. The second kappa shape index (κ2) is 8.96. The first kappa shape index (κ1) is 22.6. The van der Waals surface area contributed by atoms with Gasteiger partial charge < -0.3 is 15.4 Å². The molecule has 3 rings (SSSR count). The molecule has 0 aliphatic carbocycles. The second-order valence-electron chi connectivity index (χ2n) is 8.81. The lowest BCUT2D eigenvalue weighted by molar-refractivity contribution is -0.135. The molecule has 2 aromatic carbocycles. The van der Waals surface area contributed by atoms with E-state index < -0.39 is 17.5 Å². The minimum atomic E-state index is -1.23. The van der Waals surface area contributed by atoms with Crippen molar-refractivity contribution in [1.82, 2.24) is 15.5 Å². The summed E-state index contributed by atoms with van der Waals surface area (Å²) in [6, 6.07) is 10.7. The van der Waals surface area contributed by atoms with E-state index in [1.165, 1.54) is 0 Å². The molecule has 0 aromatic heterocycles. The predicted octanol–water partition coefficient (Wildman–Crippen LogP) is 3.56. The molecule has 0 saturated carbocycles. The highest BCUT2D eigenvalue weighted by Gasteiger charge is 2.49. The molecule has 2 atom stereocenters. The second-order valence-corrected chi connectivity index (χ2v) is 8.81. The first-order valence-electron chi connectivity index (χ1n) is 10.7. The lowest BCUT2D eigenvalue weighted by Crippen LogP contribution is -2.45. The summed E-state index contributed by atoms with van der Waals surface area (Å²) in [6.07, 6.45) is 1.85. The molecule has 1 saturated heterocycles. The standard InChI is InChI=1S/C24H31N3O4/c1-15(2)6-7-16(3)25-21(28)14-27-22(29)24(4,26-23(27)30)19-10-8-18-13-20(31-5)11-9-17(18)12-19/h8-13,15-16H,6-7,14H2,1-5H3,(H,25,28)(H,26,30)/t16-,24+/m1/s1. The van der Waals surface area contributed by atoms with Crippen molar-refractivity contribution in [2.75, 3.05) is 13.7 Å². The minimum Gasteiger partial charge on any atom is -0.497 e. The van der Waals surface area contributed by atoms with Crippen molar-refractivity contribution in [2.24, 2.45) is 5.92 Å². The van der Waals surface area contributed by atoms with E-state index in [1.54, 1.807) is 14.0 Å². The Balaban J connectivity index is 1.74. The van der Waals surface area contributed by atoms with Crippen LogP contribution in [0.5, 0.6) is 5.75 Å². The number of ether oxygens (including phenoxy) is 1. The molecule has 31 heavy (non-hydrogen) atoms. The van der Waals surface area contributed by atoms with Gasteiger partial charge in [0.05, 0.1) is 7.11 Å². The van der Waals surface area contributed by atoms with Crippen LogP contribution in [0.1, 0.15) is 46.1 Å². The van der Waals surface area contributed by atoms with Crippen molar-refractivity contribution in [2.45, 2.75) is 52.1 Å². The Morgan fingerprint density at radius 1 is 1.10 bits per heavy atom. The smallest absolute Gasteiger partial charge is 0.325 e. The van der Waals surface area contributed by atoms with Crippen LogP contribution in [0, 0.1) is 5.92 Å². The Morgan fingerprint density at radius 2 is 1.77 bits per heavy atom. The molecule has 0 spiro atoms. The number of rotatable bonds is 8. The normalized spacial score (nSPS) is 19.6. The van der Waals surface area contributed by atoms with Gasteiger partial charge in [-0.1, -0.05) is 32.0 Å². The number of carbonyl (C=O) groups excluding carboxylic acids is 3. The largest absolute Gasteiger partial charge is 0.497 e. The molecule has 1 aliphatic heterocycles. The summed E-state index contributed by atoms with van der Waals surface area (Å²) in [5.74, 6) is 0.524. The number of methoxy groups -OCH3 is 1. The van der Waals surface area contributed by atoms with Crippen LogP contribution < -0.4 is 15.4 Å². The van der Waals surface area contributed by atoms with Gasteiger partial charge in [0.15, 0.2) is 0 Å². The number of hydrogen-bond donors (Lipinski definition) is 2. The number of amides is 4. The van der Waals surface area contributed by atoms with Crippen molar-refractivity contribution >= 4 is 28.6 Å². The summed E-state index contributed by atoms with van der Waals surface area (Å²) >= 11 is 0. The van der Waals surface area contributed by atoms with Gasteiger partial charge >= 0.3 is 6.03 Å². The fraction of sp³-hybridized carbons (Fsp3) is 0.458. The van der Waals surface area contributed by atoms with Crippen LogP contribution in [0.2, 0.25) is 0 Å². The molecule has 7 heteroatoms. The Kier molecular flexibility index (Phi) is 6.53. The average molecular weight is 426 g/mol. The van der Waals surface area contributed by atoms with E-state index in [0.717, 1.165) is 34.3 Å². The number of urea groups is 1. The number of carbonyl (C=O) groups is 3. The van der Waals surface area contributed by atoms with Gasteiger partial charge in [0.25, 0.3) is 5.91 Å². The van der Waals surface area contributed by atoms with Crippen molar-refractivity contribution in [3.63, 3.8) is 0 Å². The van der Waals surface area contributed by atoms with Crippen LogP contribution in [0.15, 0.2) is 36.4 Å². The van der Waals surface area contributed by atoms with Gasteiger partial charge in [0.1, 0.15) is 17.8 Å². The van der Waals surface area contributed by atoms with Crippen molar-refractivity contribution < 1.29 is 19.1 Å². The van der Waals surface area contributed by atoms with Gasteiger partial charge in [-0.2, -0.15) is 0 Å². The third-order valence-corrected chi connectivity index (χ3v) is 5.79. The molecule has 0 radical (unpaired) electrons. The van der Waals surface area contributed by atoms with E-state index in [4.69, 9.17) is 4.74 Å². The van der Waals surface area contributed by atoms with E-state index >= 15 is 0 Å². The first-order chi connectivity index (χ1) is 14.6. The maximum Gasteiger partial charge on any atom is 0.325 e. The molecule has 1 heterocycles. The maximum atomic E-state index is 13.2. The third-order valence-electron chi connectivity index (χ3n) is 5.79. The lowest BCUT2D eigenvalue weighted by atomic mass is 9.90. The fourth-order valence-corrected chi connectivity index (χ4v) is 3.82. The van der Waals surface area contributed by atoms with E-state index in [-0.39, 0.29) is 18.5 Å². The Bertz CT molecular complexity index is 1000. The highest BCUT2D eigenvalue weighted by atomic mass is 16.5. The van der Waals surface area contributed by atoms with Crippen LogP contribution >= 0.6 is 0 Å². The molecule has 1 aliphatic rings. The molecule has 166 valence electrons. The molecule has 4 amide bonds. The van der Waals surface area contributed by atoms with E-state index in [0.29, 0.717) is 11.5 Å². The van der Waals surface area contributed by atoms with Gasteiger partial charge in [0, 0.05) is 6.04 Å². The van der Waals surface area contributed by atoms with Gasteiger partial charge in [0.2, 0.25) is 5.91 Å². The van der Waals surface area contributed by atoms with E-state index in [1.807, 2.05) is 43.3 Å². The average Bonchev–Trinajstić information content (AvgIpc) is 2.95. The highest BCUT2D eigenvalue weighted by Crippen LogP contribution is 2.32. The predicted molar refractivity (Wildman–Crippen MR) is 120 cm³/mol. The third kappa shape index (κ3) is 4.81. The Morgan fingerprint density at radius 3 is 2.45 bits per heavy atom. The van der Waals surface area contributed by atoms with Gasteiger partial charge in [-0.15, -0.1) is 0 Å². The minimum absolute atomic E-state index is 0.0143. The number of nitrogens with zero attached hydrogens (tertiary/aromatic N) is 1. The highest BCUT2D eigenvalue weighted by molar-refractivity contribution is 6.09. The molecule has 2 aromatic rings. The van der Waals surface area contributed by atoms with Gasteiger partial charge in [-0.25, -0.2) is 4.79 Å². The van der Waals surface area contributed by atoms with Crippen molar-refractivity contribution in [3.8, 4) is 5.75 Å². The number of imide groups is 1. The van der Waals surface area contributed by atoms with Gasteiger partial charge in [-0.05, 0) is 67.1 Å². The van der Waals surface area contributed by atoms with Crippen LogP contribution in [0.25, 0.3) is 10.8 Å². The lowest BCUT2D eigenvalue weighted by Gasteiger charge is -2.23. The van der Waals surface area contributed by atoms with Gasteiger partial charge in [-0.3, -0.25) is 14.5 Å². The van der Waals surface area contributed by atoms with E-state index in [9.17, 15) is 14.4 Å². The summed E-state index contributed by atoms with van der Waals surface area (Å²) < 4.78 is 5.25. The summed E-state index contributed by atoms with van der Waals surface area (Å²) in [5, 5.41) is 7.54. The SMILES string of the molecule is COc1ccc2cc([C@]3(C)NC(=O)N(CC(=O)N[C@H](C)CCC(C)C)C3=O)ccc2c1. The molecule has 0 unspecified atom stereocenters. The van der Waals surface area contributed by atoms with Crippen molar-refractivity contribution in [3.05, 3.63) is 42.0 Å². The summed E-state index contributed by atoms with van der Waals surface area (Å²) in [5.41, 5.74) is -0.564. The van der Waals surface area contributed by atoms with Crippen LogP contribution in [-0.2, 0) is 15.1 Å². The molecule has 7 nitrogen and oxygen atoms in total. The fourth-order valence-electron chi connectivity index (χ4n) is 3.82. The zero-order chi connectivity index (χ0) is 22.8. The van der Waals surface area contributed by atoms with Crippen LogP contribution in [-0.4, -0.2) is 42.4 Å². The Labute approximate surface area is 183 Å². The Hall–Kier alpha value is -3.09. The van der Waals surface area contributed by atoms with Crippen LogP contribution in [0.4, 0.5) is 4.79 Å². The maximum absolute atomic E-state index is 13.2. The molecule has 0 bridgehead atoms. The summed E-state index contributed by atoms with van der Waals surface area (Å²) in [6.45, 7) is 7.57. The summed E-state index contributed by atoms with van der Waals surface area (Å²) in [7, 11) is 1.61. The zero-order valence-corrected chi connectivity index (χ0v) is 18.8. The number of hydrogen-bond acceptors (Lipinski definition) is 4. The van der Waals surface area contributed by atoms with Crippen LogP contribution in [0.3, 0.4) is 0 Å².